The lowest BCUT2D eigenvalue weighted by atomic mass is 9.91. The number of aryl methyl sites for hydroxylation is 2. The third-order valence-electron chi connectivity index (χ3n) is 3.51. The first-order valence-corrected chi connectivity index (χ1v) is 7.60. The number of hydrogen-bond acceptors (Lipinski definition) is 6. The summed E-state index contributed by atoms with van der Waals surface area (Å²) in [5, 5.41) is 9.78. The fraction of sp³-hybridized carbons (Fsp3) is 0.538. The monoisotopic (exact) mass is 307 g/mol. The minimum atomic E-state index is -0.317. The highest BCUT2D eigenvalue weighted by Crippen LogP contribution is 2.41. The Labute approximate surface area is 126 Å². The quantitative estimate of drug-likeness (QED) is 0.908. The highest BCUT2D eigenvalue weighted by Gasteiger charge is 2.33. The highest BCUT2D eigenvalue weighted by atomic mass is 32.1. The molecule has 1 aliphatic carbocycles. The Morgan fingerprint density at radius 1 is 1.43 bits per heavy atom. The number of carbonyl (C=O) groups excluding carboxylic acids is 1. The van der Waals surface area contributed by atoms with Crippen LogP contribution in [0.4, 0.5) is 9.93 Å². The fourth-order valence-electron chi connectivity index (χ4n) is 2.36. The Balaban J connectivity index is 1.58. The van der Waals surface area contributed by atoms with Gasteiger partial charge in [0.2, 0.25) is 5.89 Å². The SMILES string of the molecule is Cc1nc(CNC(=O)Nc2nc3c(s2)CCC3(C)C)no1. The molecule has 0 saturated heterocycles. The lowest BCUT2D eigenvalue weighted by Crippen LogP contribution is -2.28. The summed E-state index contributed by atoms with van der Waals surface area (Å²) in [6, 6.07) is -0.317. The van der Waals surface area contributed by atoms with Crippen LogP contribution < -0.4 is 10.6 Å². The largest absolute Gasteiger partial charge is 0.340 e. The molecule has 3 rings (SSSR count). The summed E-state index contributed by atoms with van der Waals surface area (Å²) < 4.78 is 4.84. The molecular weight excluding hydrogens is 290 g/mol. The van der Waals surface area contributed by atoms with Gasteiger partial charge in [-0.15, -0.1) is 11.3 Å². The highest BCUT2D eigenvalue weighted by molar-refractivity contribution is 7.16. The third-order valence-corrected chi connectivity index (χ3v) is 4.54. The average molecular weight is 307 g/mol. The van der Waals surface area contributed by atoms with Crippen LogP contribution in [0, 0.1) is 6.92 Å². The number of nitrogens with zero attached hydrogens (tertiary/aromatic N) is 3. The molecule has 2 aromatic heterocycles. The van der Waals surface area contributed by atoms with Crippen LogP contribution in [0.15, 0.2) is 4.52 Å². The van der Waals surface area contributed by atoms with Crippen LogP contribution in [0.2, 0.25) is 0 Å². The number of hydrogen-bond donors (Lipinski definition) is 2. The Morgan fingerprint density at radius 3 is 2.90 bits per heavy atom. The molecule has 0 aromatic carbocycles. The molecule has 1 aliphatic rings. The van der Waals surface area contributed by atoms with E-state index in [2.05, 4.69) is 39.6 Å². The molecular formula is C13H17N5O2S. The molecule has 7 nitrogen and oxygen atoms in total. The van der Waals surface area contributed by atoms with Gasteiger partial charge in [0, 0.05) is 17.2 Å². The van der Waals surface area contributed by atoms with E-state index in [0.717, 1.165) is 18.5 Å². The van der Waals surface area contributed by atoms with Gasteiger partial charge in [-0.05, 0) is 12.8 Å². The number of thiazole rings is 1. The predicted molar refractivity (Wildman–Crippen MR) is 78.4 cm³/mol. The van der Waals surface area contributed by atoms with Crippen molar-refractivity contribution in [1.82, 2.24) is 20.4 Å². The van der Waals surface area contributed by atoms with Gasteiger partial charge >= 0.3 is 6.03 Å². The van der Waals surface area contributed by atoms with E-state index in [-0.39, 0.29) is 18.0 Å². The standard InChI is InChI=1S/C13H17N5O2S/c1-7-15-9(18-20-7)6-14-11(19)17-12-16-10-8(21-12)4-5-13(10,2)3/h4-6H2,1-3H3,(H2,14,16,17,19). The second-order valence-corrected chi connectivity index (χ2v) is 6.80. The van der Waals surface area contributed by atoms with Gasteiger partial charge in [0.15, 0.2) is 11.0 Å². The van der Waals surface area contributed by atoms with Crippen molar-refractivity contribution in [3.63, 3.8) is 0 Å². The molecule has 8 heteroatoms. The Hall–Kier alpha value is -1.96. The van der Waals surface area contributed by atoms with Crippen LogP contribution in [-0.4, -0.2) is 21.2 Å². The van der Waals surface area contributed by atoms with Crippen molar-refractivity contribution in [3.05, 3.63) is 22.3 Å². The summed E-state index contributed by atoms with van der Waals surface area (Å²) in [6.45, 7) is 6.29. The second-order valence-electron chi connectivity index (χ2n) is 5.71. The molecule has 0 saturated carbocycles. The van der Waals surface area contributed by atoms with Crippen molar-refractivity contribution in [2.24, 2.45) is 0 Å². The van der Waals surface area contributed by atoms with Crippen LogP contribution in [0.1, 0.15) is 42.6 Å². The zero-order valence-corrected chi connectivity index (χ0v) is 13.0. The minimum Gasteiger partial charge on any atom is -0.340 e. The van der Waals surface area contributed by atoms with Gasteiger partial charge in [0.05, 0.1) is 12.2 Å². The normalized spacial score (nSPS) is 15.8. The first-order valence-electron chi connectivity index (χ1n) is 6.78. The van der Waals surface area contributed by atoms with E-state index in [1.54, 1.807) is 18.3 Å². The fourth-order valence-corrected chi connectivity index (χ4v) is 3.50. The van der Waals surface area contributed by atoms with Crippen molar-refractivity contribution < 1.29 is 9.32 Å². The van der Waals surface area contributed by atoms with Crippen LogP contribution >= 0.6 is 11.3 Å². The van der Waals surface area contributed by atoms with Crippen molar-refractivity contribution in [2.75, 3.05) is 5.32 Å². The van der Waals surface area contributed by atoms with E-state index in [9.17, 15) is 4.79 Å². The lowest BCUT2D eigenvalue weighted by Gasteiger charge is -2.15. The van der Waals surface area contributed by atoms with Gasteiger partial charge in [-0.1, -0.05) is 19.0 Å². The van der Waals surface area contributed by atoms with E-state index in [0.29, 0.717) is 16.8 Å². The summed E-state index contributed by atoms with van der Waals surface area (Å²) in [4.78, 5) is 21.7. The molecule has 0 atom stereocenters. The Kier molecular flexibility index (Phi) is 3.40. The maximum atomic E-state index is 11.8. The molecule has 2 aromatic rings. The summed E-state index contributed by atoms with van der Waals surface area (Å²) in [7, 11) is 0. The molecule has 2 amide bonds. The maximum Gasteiger partial charge on any atom is 0.321 e. The number of fused-ring (bicyclic) bond motifs is 1. The number of urea groups is 1. The van der Waals surface area contributed by atoms with Gasteiger partial charge in [0.25, 0.3) is 0 Å². The molecule has 2 heterocycles. The first-order chi connectivity index (χ1) is 9.94. The Bertz CT molecular complexity index is 676. The summed E-state index contributed by atoms with van der Waals surface area (Å²) in [5.41, 5.74) is 1.21. The second kappa shape index (κ2) is 5.10. The lowest BCUT2D eigenvalue weighted by molar-refractivity contribution is 0.251. The zero-order valence-electron chi connectivity index (χ0n) is 12.2. The predicted octanol–water partition coefficient (Wildman–Crippen LogP) is 2.38. The van der Waals surface area contributed by atoms with E-state index in [4.69, 9.17) is 4.52 Å². The molecule has 21 heavy (non-hydrogen) atoms. The third kappa shape index (κ3) is 2.90. The number of anilines is 1. The van der Waals surface area contributed by atoms with Gasteiger partial charge in [0.1, 0.15) is 0 Å². The van der Waals surface area contributed by atoms with E-state index in [1.165, 1.54) is 4.88 Å². The van der Waals surface area contributed by atoms with Gasteiger partial charge in [-0.25, -0.2) is 9.78 Å². The van der Waals surface area contributed by atoms with E-state index >= 15 is 0 Å². The average Bonchev–Trinajstić information content (AvgIpc) is 3.06. The topological polar surface area (TPSA) is 92.9 Å². The van der Waals surface area contributed by atoms with Crippen molar-refractivity contribution >= 4 is 22.5 Å². The van der Waals surface area contributed by atoms with E-state index in [1.807, 2.05) is 0 Å². The molecule has 0 unspecified atom stereocenters. The molecule has 0 aliphatic heterocycles. The first kappa shape index (κ1) is 14.0. The van der Waals surface area contributed by atoms with Crippen molar-refractivity contribution in [1.29, 1.82) is 0 Å². The number of rotatable bonds is 3. The van der Waals surface area contributed by atoms with Crippen LogP contribution in [0.5, 0.6) is 0 Å². The molecule has 0 fully saturated rings. The summed E-state index contributed by atoms with van der Waals surface area (Å²) in [6.07, 6.45) is 2.15. The number of nitrogens with one attached hydrogen (secondary N) is 2. The maximum absolute atomic E-state index is 11.8. The van der Waals surface area contributed by atoms with Crippen LogP contribution in [0.25, 0.3) is 0 Å². The van der Waals surface area contributed by atoms with Crippen LogP contribution in [-0.2, 0) is 18.4 Å². The zero-order chi connectivity index (χ0) is 15.0. The van der Waals surface area contributed by atoms with Gasteiger partial charge in [-0.3, -0.25) is 5.32 Å². The molecule has 0 spiro atoms. The summed E-state index contributed by atoms with van der Waals surface area (Å²) in [5.74, 6) is 0.927. The van der Waals surface area contributed by atoms with E-state index < -0.39 is 0 Å². The van der Waals surface area contributed by atoms with Crippen LogP contribution in [0.3, 0.4) is 0 Å². The Morgan fingerprint density at radius 2 is 2.24 bits per heavy atom. The number of amides is 2. The molecule has 0 radical (unpaired) electrons. The number of aromatic nitrogens is 3. The van der Waals surface area contributed by atoms with Crippen molar-refractivity contribution in [3.8, 4) is 0 Å². The minimum absolute atomic E-state index is 0.102. The number of carbonyl (C=O) groups is 1. The summed E-state index contributed by atoms with van der Waals surface area (Å²) >= 11 is 1.55. The molecule has 2 N–H and O–H groups in total. The van der Waals surface area contributed by atoms with Gasteiger partial charge < -0.3 is 9.84 Å². The molecule has 112 valence electrons. The van der Waals surface area contributed by atoms with Gasteiger partial charge in [-0.2, -0.15) is 4.98 Å². The van der Waals surface area contributed by atoms with Crippen molar-refractivity contribution in [2.45, 2.75) is 45.6 Å². The molecule has 0 bridgehead atoms. The smallest absolute Gasteiger partial charge is 0.321 e.